The molecule has 2 aliphatic rings. The summed E-state index contributed by atoms with van der Waals surface area (Å²) in [6, 6.07) is 0. The van der Waals surface area contributed by atoms with E-state index in [0.29, 0.717) is 5.92 Å². The molecule has 0 aromatic heterocycles. The van der Waals surface area contributed by atoms with Crippen LogP contribution in [0.15, 0.2) is 0 Å². The maximum Gasteiger partial charge on any atom is 0.312 e. The molecule has 2 fully saturated rings. The number of esters is 1. The van der Waals surface area contributed by atoms with Crippen molar-refractivity contribution in [2.45, 2.75) is 123 Å². The molecule has 140 valence electrons. The summed E-state index contributed by atoms with van der Waals surface area (Å²) < 4.78 is 6.02. The lowest BCUT2D eigenvalue weighted by Gasteiger charge is -2.41. The lowest BCUT2D eigenvalue weighted by Crippen LogP contribution is -2.42. The Hall–Kier alpha value is -0.530. The van der Waals surface area contributed by atoms with Crippen LogP contribution >= 0.6 is 0 Å². The van der Waals surface area contributed by atoms with Gasteiger partial charge in [-0.1, -0.05) is 77.6 Å². The number of hydrogen-bond donors (Lipinski definition) is 0. The summed E-state index contributed by atoms with van der Waals surface area (Å²) in [4.78, 5) is 13.3. The van der Waals surface area contributed by atoms with Crippen molar-refractivity contribution in [1.82, 2.24) is 0 Å². The summed E-state index contributed by atoms with van der Waals surface area (Å²) in [6.45, 7) is 4.25. The number of hydrogen-bond acceptors (Lipinski definition) is 2. The van der Waals surface area contributed by atoms with Crippen LogP contribution in [0.25, 0.3) is 0 Å². The molecule has 24 heavy (non-hydrogen) atoms. The fourth-order valence-corrected chi connectivity index (χ4v) is 5.09. The molecule has 2 heteroatoms. The van der Waals surface area contributed by atoms with Crippen LogP contribution in [0, 0.1) is 11.3 Å². The molecule has 2 nitrogen and oxygen atoms in total. The summed E-state index contributed by atoms with van der Waals surface area (Å²) in [5.74, 6) is 0.730. The van der Waals surface area contributed by atoms with Crippen molar-refractivity contribution >= 4 is 5.97 Å². The lowest BCUT2D eigenvalue weighted by atomic mass is 9.64. The molecule has 1 atom stereocenters. The van der Waals surface area contributed by atoms with Crippen molar-refractivity contribution in [2.75, 3.05) is 0 Å². The first-order valence-corrected chi connectivity index (χ1v) is 10.9. The van der Waals surface area contributed by atoms with Gasteiger partial charge in [0.15, 0.2) is 0 Å². The third-order valence-electron chi connectivity index (χ3n) is 6.54. The van der Waals surface area contributed by atoms with Crippen LogP contribution in [-0.4, -0.2) is 12.1 Å². The molecule has 0 N–H and O–H groups in total. The minimum absolute atomic E-state index is 0.0818. The Balaban J connectivity index is 2.16. The second-order valence-corrected chi connectivity index (χ2v) is 8.47. The molecule has 2 aliphatic carbocycles. The van der Waals surface area contributed by atoms with E-state index in [0.717, 1.165) is 25.7 Å². The second kappa shape index (κ2) is 10.5. The van der Waals surface area contributed by atoms with E-state index >= 15 is 0 Å². The van der Waals surface area contributed by atoms with Crippen LogP contribution in [0.5, 0.6) is 0 Å². The monoisotopic (exact) mass is 336 g/mol. The van der Waals surface area contributed by atoms with Crippen LogP contribution in [0.3, 0.4) is 0 Å². The van der Waals surface area contributed by atoms with Crippen molar-refractivity contribution in [1.29, 1.82) is 0 Å². The van der Waals surface area contributed by atoms with Crippen molar-refractivity contribution in [3.8, 4) is 0 Å². The molecular formula is C22H40O2. The molecule has 0 radical (unpaired) electrons. The van der Waals surface area contributed by atoms with Gasteiger partial charge in [-0.15, -0.1) is 0 Å². The number of ether oxygens (including phenoxy) is 1. The van der Waals surface area contributed by atoms with Gasteiger partial charge in [0.2, 0.25) is 0 Å². The van der Waals surface area contributed by atoms with Gasteiger partial charge in [-0.2, -0.15) is 0 Å². The molecule has 0 bridgehead atoms. The van der Waals surface area contributed by atoms with E-state index < -0.39 is 0 Å². The molecule has 0 spiro atoms. The highest BCUT2D eigenvalue weighted by Crippen LogP contribution is 2.47. The lowest BCUT2D eigenvalue weighted by molar-refractivity contribution is -0.167. The molecule has 0 aromatic carbocycles. The molecule has 2 rings (SSSR count). The second-order valence-electron chi connectivity index (χ2n) is 8.47. The summed E-state index contributed by atoms with van der Waals surface area (Å²) in [6.07, 6.45) is 19.9. The third-order valence-corrected chi connectivity index (χ3v) is 6.54. The van der Waals surface area contributed by atoms with E-state index in [9.17, 15) is 4.79 Å². The van der Waals surface area contributed by atoms with Crippen molar-refractivity contribution in [3.05, 3.63) is 0 Å². The summed E-state index contributed by atoms with van der Waals surface area (Å²) in [5, 5.41) is 0. The Kier molecular flexibility index (Phi) is 8.62. The average Bonchev–Trinajstić information content (AvgIpc) is 2.48. The summed E-state index contributed by atoms with van der Waals surface area (Å²) in [5.41, 5.74) is -0.167. The van der Waals surface area contributed by atoms with E-state index in [1.807, 2.05) is 0 Å². The maximum absolute atomic E-state index is 13.3. The number of rotatable bonds is 5. The molecule has 2 saturated carbocycles. The largest absolute Gasteiger partial charge is 0.462 e. The molecule has 0 heterocycles. The van der Waals surface area contributed by atoms with Gasteiger partial charge in [0.05, 0.1) is 11.5 Å². The first-order chi connectivity index (χ1) is 11.7. The van der Waals surface area contributed by atoms with Gasteiger partial charge in [0, 0.05) is 0 Å². The standard InChI is InChI=1S/C22H40O2/c1-3-14-19(2)24-21(23)22(17-12-8-5-9-13-18-22)20-15-10-6-4-7-11-16-20/h19-20H,3-18H2,1-2H3. The Morgan fingerprint density at radius 2 is 1.42 bits per heavy atom. The normalized spacial score (nSPS) is 24.9. The fourth-order valence-electron chi connectivity index (χ4n) is 5.09. The van der Waals surface area contributed by atoms with Crippen LogP contribution in [0.2, 0.25) is 0 Å². The smallest absolute Gasteiger partial charge is 0.312 e. The summed E-state index contributed by atoms with van der Waals surface area (Å²) >= 11 is 0. The van der Waals surface area contributed by atoms with Crippen molar-refractivity contribution in [3.63, 3.8) is 0 Å². The van der Waals surface area contributed by atoms with E-state index in [4.69, 9.17) is 4.74 Å². The Morgan fingerprint density at radius 1 is 0.917 bits per heavy atom. The predicted octanol–water partition coefficient (Wildman–Crippen LogP) is 6.81. The highest BCUT2D eigenvalue weighted by Gasteiger charge is 2.46. The summed E-state index contributed by atoms with van der Waals surface area (Å²) in [7, 11) is 0. The van der Waals surface area contributed by atoms with E-state index in [2.05, 4.69) is 13.8 Å². The topological polar surface area (TPSA) is 26.3 Å². The van der Waals surface area contributed by atoms with Gasteiger partial charge in [0.25, 0.3) is 0 Å². The zero-order chi connectivity index (χ0) is 17.3. The van der Waals surface area contributed by atoms with Gasteiger partial charge in [0.1, 0.15) is 0 Å². The first kappa shape index (κ1) is 19.8. The Labute approximate surface area is 150 Å². The molecule has 0 aliphatic heterocycles. The Morgan fingerprint density at radius 3 is 1.96 bits per heavy atom. The highest BCUT2D eigenvalue weighted by atomic mass is 16.5. The maximum atomic E-state index is 13.3. The van der Waals surface area contributed by atoms with E-state index in [-0.39, 0.29) is 17.5 Å². The highest BCUT2D eigenvalue weighted by molar-refractivity contribution is 5.77. The zero-order valence-corrected chi connectivity index (χ0v) is 16.3. The van der Waals surface area contributed by atoms with Gasteiger partial charge < -0.3 is 4.74 Å². The first-order valence-electron chi connectivity index (χ1n) is 10.9. The molecular weight excluding hydrogens is 296 g/mol. The van der Waals surface area contributed by atoms with E-state index in [1.165, 1.54) is 77.0 Å². The van der Waals surface area contributed by atoms with Crippen LogP contribution in [-0.2, 0) is 9.53 Å². The average molecular weight is 337 g/mol. The fraction of sp³-hybridized carbons (Fsp3) is 0.955. The third kappa shape index (κ3) is 5.49. The van der Waals surface area contributed by atoms with Crippen LogP contribution in [0.4, 0.5) is 0 Å². The van der Waals surface area contributed by atoms with Gasteiger partial charge >= 0.3 is 5.97 Å². The minimum atomic E-state index is -0.167. The van der Waals surface area contributed by atoms with Gasteiger partial charge in [-0.25, -0.2) is 0 Å². The quantitative estimate of drug-likeness (QED) is 0.515. The minimum Gasteiger partial charge on any atom is -0.462 e. The van der Waals surface area contributed by atoms with Crippen LogP contribution < -0.4 is 0 Å². The molecule has 1 unspecified atom stereocenters. The number of carbonyl (C=O) groups excluding carboxylic acids is 1. The predicted molar refractivity (Wildman–Crippen MR) is 101 cm³/mol. The molecule has 0 aromatic rings. The SMILES string of the molecule is CCCC(C)OC(=O)C1(C2CCCCCCC2)CCCCCCC1. The van der Waals surface area contributed by atoms with Gasteiger partial charge in [-0.05, 0) is 44.9 Å². The molecule has 0 saturated heterocycles. The number of carbonyl (C=O) groups is 1. The van der Waals surface area contributed by atoms with E-state index in [1.54, 1.807) is 0 Å². The van der Waals surface area contributed by atoms with Gasteiger partial charge in [-0.3, -0.25) is 4.79 Å². The van der Waals surface area contributed by atoms with Crippen molar-refractivity contribution < 1.29 is 9.53 Å². The zero-order valence-electron chi connectivity index (χ0n) is 16.3. The molecule has 0 amide bonds. The Bertz CT molecular complexity index is 347. The van der Waals surface area contributed by atoms with Crippen molar-refractivity contribution in [2.24, 2.45) is 11.3 Å². The van der Waals surface area contributed by atoms with Crippen LogP contribution in [0.1, 0.15) is 117 Å².